The van der Waals surface area contributed by atoms with Crippen LogP contribution in [-0.2, 0) is 11.3 Å². The molecule has 2 aromatic heterocycles. The van der Waals surface area contributed by atoms with E-state index in [9.17, 15) is 4.79 Å². The van der Waals surface area contributed by atoms with Gasteiger partial charge in [-0.2, -0.15) is 5.10 Å². The molecule has 204 valence electrons. The summed E-state index contributed by atoms with van der Waals surface area (Å²) in [5, 5.41) is 16.0. The van der Waals surface area contributed by atoms with Crippen LogP contribution in [0, 0.1) is 0 Å². The number of methoxy groups -OCH3 is 1. The minimum atomic E-state index is -0.233. The molecule has 2 heterocycles. The standard InChI is InChI=1S/C32H28N6O2S/c1-3-37-28-12-8-7-11-26(28)27-19-22(13-18-29(27)37)20-33-34-30(39)21-41-32-36-35-31(23-14-16-25(40-2)17-15-23)38(32)24-9-5-4-6-10-24/h4-20H,3,21H2,1-2H3,(H,34,39)/b33-20-. The lowest BCUT2D eigenvalue weighted by Gasteiger charge is -2.10. The number of carbonyl (C=O) groups is 1. The molecule has 9 heteroatoms. The highest BCUT2D eigenvalue weighted by Crippen LogP contribution is 2.30. The Morgan fingerprint density at radius 3 is 2.46 bits per heavy atom. The monoisotopic (exact) mass is 560 g/mol. The molecule has 0 bridgehead atoms. The summed E-state index contributed by atoms with van der Waals surface area (Å²) in [6.45, 7) is 3.04. The van der Waals surface area contributed by atoms with E-state index in [4.69, 9.17) is 4.74 Å². The third kappa shape index (κ3) is 5.31. The van der Waals surface area contributed by atoms with Crippen LogP contribution in [0.5, 0.6) is 5.75 Å². The molecule has 0 aliphatic carbocycles. The first-order chi connectivity index (χ1) is 20.2. The second-order valence-corrected chi connectivity index (χ2v) is 10.3. The maximum atomic E-state index is 12.7. The van der Waals surface area contributed by atoms with Crippen LogP contribution in [0.1, 0.15) is 12.5 Å². The molecular weight excluding hydrogens is 532 g/mol. The van der Waals surface area contributed by atoms with Gasteiger partial charge in [0.25, 0.3) is 5.91 Å². The Bertz CT molecular complexity index is 1860. The van der Waals surface area contributed by atoms with Gasteiger partial charge in [-0.15, -0.1) is 10.2 Å². The largest absolute Gasteiger partial charge is 0.497 e. The van der Waals surface area contributed by atoms with Crippen molar-refractivity contribution in [3.63, 3.8) is 0 Å². The molecule has 8 nitrogen and oxygen atoms in total. The van der Waals surface area contributed by atoms with Crippen LogP contribution in [0.25, 0.3) is 38.9 Å². The fourth-order valence-electron chi connectivity index (χ4n) is 4.93. The van der Waals surface area contributed by atoms with Gasteiger partial charge in [-0.25, -0.2) is 5.43 Å². The number of amides is 1. The number of hydrogen-bond acceptors (Lipinski definition) is 6. The van der Waals surface area contributed by atoms with Crippen molar-refractivity contribution in [2.45, 2.75) is 18.6 Å². The molecule has 0 aliphatic heterocycles. The average Bonchev–Trinajstić information content (AvgIpc) is 3.59. The molecule has 0 atom stereocenters. The van der Waals surface area contributed by atoms with Crippen LogP contribution in [-0.4, -0.2) is 44.3 Å². The number of nitrogens with one attached hydrogen (secondary N) is 1. The summed E-state index contributed by atoms with van der Waals surface area (Å²) in [6, 6.07) is 32.1. The van der Waals surface area contributed by atoms with E-state index in [1.807, 2.05) is 65.2 Å². The SMILES string of the molecule is CCn1c2ccccc2c2cc(/C=N\NC(=O)CSc3nnc(-c4ccc(OC)cc4)n3-c3ccccc3)ccc21. The maximum absolute atomic E-state index is 12.7. The molecule has 1 N–H and O–H groups in total. The molecule has 41 heavy (non-hydrogen) atoms. The fraction of sp³-hybridized carbons (Fsp3) is 0.125. The molecule has 0 radical (unpaired) electrons. The fourth-order valence-corrected chi connectivity index (χ4v) is 5.68. The number of aryl methyl sites for hydroxylation is 1. The summed E-state index contributed by atoms with van der Waals surface area (Å²) in [7, 11) is 1.63. The Balaban J connectivity index is 1.17. The molecule has 1 amide bonds. The van der Waals surface area contributed by atoms with Crippen LogP contribution < -0.4 is 10.2 Å². The van der Waals surface area contributed by atoms with Gasteiger partial charge in [-0.1, -0.05) is 54.2 Å². The number of aromatic nitrogens is 4. The molecular formula is C32H28N6O2S. The first-order valence-electron chi connectivity index (χ1n) is 13.3. The Morgan fingerprint density at radius 1 is 0.927 bits per heavy atom. The van der Waals surface area contributed by atoms with Crippen molar-refractivity contribution in [2.75, 3.05) is 12.9 Å². The van der Waals surface area contributed by atoms with Gasteiger partial charge in [-0.05, 0) is 67.1 Å². The van der Waals surface area contributed by atoms with E-state index in [1.54, 1.807) is 13.3 Å². The number of carbonyl (C=O) groups excluding carboxylic acids is 1. The zero-order valence-electron chi connectivity index (χ0n) is 22.7. The van der Waals surface area contributed by atoms with E-state index >= 15 is 0 Å². The predicted octanol–water partition coefficient (Wildman–Crippen LogP) is 6.31. The highest BCUT2D eigenvalue weighted by molar-refractivity contribution is 7.99. The first-order valence-corrected chi connectivity index (χ1v) is 14.3. The number of ether oxygens (including phenoxy) is 1. The highest BCUT2D eigenvalue weighted by Gasteiger charge is 2.17. The van der Waals surface area contributed by atoms with E-state index in [0.29, 0.717) is 11.0 Å². The lowest BCUT2D eigenvalue weighted by molar-refractivity contribution is -0.118. The molecule has 6 rings (SSSR count). The van der Waals surface area contributed by atoms with Crippen LogP contribution in [0.4, 0.5) is 0 Å². The van der Waals surface area contributed by atoms with Crippen LogP contribution in [0.2, 0.25) is 0 Å². The number of thioether (sulfide) groups is 1. The smallest absolute Gasteiger partial charge is 0.250 e. The zero-order chi connectivity index (χ0) is 28.2. The van der Waals surface area contributed by atoms with Crippen LogP contribution in [0.3, 0.4) is 0 Å². The number of rotatable bonds is 9. The molecule has 0 spiro atoms. The van der Waals surface area contributed by atoms with Crippen LogP contribution >= 0.6 is 11.8 Å². The maximum Gasteiger partial charge on any atom is 0.250 e. The lowest BCUT2D eigenvalue weighted by Crippen LogP contribution is -2.20. The molecule has 0 aliphatic rings. The van der Waals surface area contributed by atoms with Gasteiger partial charge in [0.1, 0.15) is 5.75 Å². The average molecular weight is 561 g/mol. The number of nitrogens with zero attached hydrogens (tertiary/aromatic N) is 5. The van der Waals surface area contributed by atoms with Gasteiger partial charge in [0.05, 0.1) is 19.1 Å². The molecule has 0 saturated carbocycles. The van der Waals surface area contributed by atoms with E-state index in [-0.39, 0.29) is 11.7 Å². The quantitative estimate of drug-likeness (QED) is 0.127. The third-order valence-corrected chi connectivity index (χ3v) is 7.77. The number of hydrazone groups is 1. The van der Waals surface area contributed by atoms with E-state index < -0.39 is 0 Å². The number of benzene rings is 4. The summed E-state index contributed by atoms with van der Waals surface area (Å²) >= 11 is 1.30. The van der Waals surface area contributed by atoms with Crippen molar-refractivity contribution in [2.24, 2.45) is 5.10 Å². The highest BCUT2D eigenvalue weighted by atomic mass is 32.2. The Labute approximate surface area is 241 Å². The first kappa shape index (κ1) is 26.3. The van der Waals surface area contributed by atoms with E-state index in [0.717, 1.165) is 29.1 Å². The molecule has 6 aromatic rings. The predicted molar refractivity (Wildman–Crippen MR) is 165 cm³/mol. The van der Waals surface area contributed by atoms with Crippen molar-refractivity contribution in [3.8, 4) is 22.8 Å². The summed E-state index contributed by atoms with van der Waals surface area (Å²) in [5.74, 6) is 1.34. The minimum Gasteiger partial charge on any atom is -0.497 e. The van der Waals surface area contributed by atoms with E-state index in [2.05, 4.69) is 68.6 Å². The Hall–Kier alpha value is -4.89. The van der Waals surface area contributed by atoms with Crippen molar-refractivity contribution < 1.29 is 9.53 Å². The minimum absolute atomic E-state index is 0.133. The summed E-state index contributed by atoms with van der Waals surface area (Å²) in [6.07, 6.45) is 1.67. The van der Waals surface area contributed by atoms with Gasteiger partial charge in [-0.3, -0.25) is 9.36 Å². The zero-order valence-corrected chi connectivity index (χ0v) is 23.5. The van der Waals surface area contributed by atoms with Crippen molar-refractivity contribution in [1.29, 1.82) is 0 Å². The molecule has 4 aromatic carbocycles. The van der Waals surface area contributed by atoms with Gasteiger partial charge >= 0.3 is 0 Å². The molecule has 0 saturated heterocycles. The van der Waals surface area contributed by atoms with Crippen LogP contribution in [0.15, 0.2) is 107 Å². The van der Waals surface area contributed by atoms with Crippen molar-refractivity contribution in [1.82, 2.24) is 24.8 Å². The Kier molecular flexibility index (Phi) is 7.51. The van der Waals surface area contributed by atoms with E-state index in [1.165, 1.54) is 33.6 Å². The summed E-state index contributed by atoms with van der Waals surface area (Å²) in [5.41, 5.74) is 7.75. The lowest BCUT2D eigenvalue weighted by atomic mass is 10.1. The number of hydrogen-bond donors (Lipinski definition) is 1. The summed E-state index contributed by atoms with van der Waals surface area (Å²) in [4.78, 5) is 12.7. The number of fused-ring (bicyclic) bond motifs is 3. The van der Waals surface area contributed by atoms with Gasteiger partial charge in [0, 0.05) is 39.6 Å². The third-order valence-electron chi connectivity index (χ3n) is 6.84. The van der Waals surface area contributed by atoms with Gasteiger partial charge in [0.2, 0.25) is 0 Å². The molecule has 0 fully saturated rings. The topological polar surface area (TPSA) is 86.3 Å². The normalized spacial score (nSPS) is 11.5. The second-order valence-electron chi connectivity index (χ2n) is 9.33. The second kappa shape index (κ2) is 11.7. The van der Waals surface area contributed by atoms with Crippen molar-refractivity contribution >= 4 is 45.7 Å². The molecule has 0 unspecified atom stereocenters. The van der Waals surface area contributed by atoms with Crippen molar-refractivity contribution in [3.05, 3.63) is 103 Å². The Morgan fingerprint density at radius 2 is 1.68 bits per heavy atom. The number of para-hydroxylation sites is 2. The van der Waals surface area contributed by atoms with Gasteiger partial charge < -0.3 is 9.30 Å². The van der Waals surface area contributed by atoms with Gasteiger partial charge in [0.15, 0.2) is 11.0 Å². The summed E-state index contributed by atoms with van der Waals surface area (Å²) < 4.78 is 9.54.